The summed E-state index contributed by atoms with van der Waals surface area (Å²) < 4.78 is 38.3. The van der Waals surface area contributed by atoms with Crippen molar-refractivity contribution < 1.29 is 22.7 Å². The predicted octanol–water partition coefficient (Wildman–Crippen LogP) is 3.49. The maximum Gasteiger partial charge on any atom is 0.337 e. The molecule has 7 nitrogen and oxygen atoms in total. The van der Waals surface area contributed by atoms with Gasteiger partial charge in [0.15, 0.2) is 0 Å². The van der Waals surface area contributed by atoms with Crippen molar-refractivity contribution in [3.05, 3.63) is 48.0 Å². The fourth-order valence-corrected chi connectivity index (χ4v) is 3.61. The molecule has 0 aliphatic rings. The van der Waals surface area contributed by atoms with E-state index in [1.54, 1.807) is 30.3 Å². The Bertz CT molecular complexity index is 916. The molecule has 0 spiro atoms. The summed E-state index contributed by atoms with van der Waals surface area (Å²) in [5.74, 6) is -0.000990. The third-order valence-electron chi connectivity index (χ3n) is 3.54. The smallest absolute Gasteiger partial charge is 0.337 e. The topological polar surface area (TPSA) is 93.7 Å². The molecule has 0 saturated carbocycles. The molecule has 0 heterocycles. The highest BCUT2D eigenvalue weighted by Crippen LogP contribution is 2.28. The second-order valence-corrected chi connectivity index (χ2v) is 8.56. The van der Waals surface area contributed by atoms with E-state index in [-0.39, 0.29) is 16.0 Å². The molecule has 8 heteroatoms. The van der Waals surface area contributed by atoms with Crippen LogP contribution in [0.1, 0.15) is 31.1 Å². The molecule has 0 aliphatic heterocycles. The fraction of sp³-hybridized carbons (Fsp3) is 0.316. The first-order chi connectivity index (χ1) is 12.6. The van der Waals surface area contributed by atoms with Crippen molar-refractivity contribution in [3.8, 4) is 5.75 Å². The Kier molecular flexibility index (Phi) is 6.00. The average Bonchev–Trinajstić information content (AvgIpc) is 2.60. The van der Waals surface area contributed by atoms with E-state index in [4.69, 9.17) is 9.47 Å². The molecule has 0 atom stereocenters. The number of esters is 1. The molecule has 0 bridgehead atoms. The first-order valence-corrected chi connectivity index (χ1v) is 9.71. The average molecular weight is 392 g/mol. The number of ether oxygens (including phenoxy) is 2. The lowest BCUT2D eigenvalue weighted by atomic mass is 10.1. The zero-order valence-electron chi connectivity index (χ0n) is 16.0. The van der Waals surface area contributed by atoms with Crippen molar-refractivity contribution >= 4 is 27.4 Å². The summed E-state index contributed by atoms with van der Waals surface area (Å²) in [5, 5.41) is 3.15. The highest BCUT2D eigenvalue weighted by Gasteiger charge is 2.23. The van der Waals surface area contributed by atoms with Crippen LogP contribution in [0, 0.1) is 0 Å². The summed E-state index contributed by atoms with van der Waals surface area (Å²) in [6.45, 7) is 5.73. The van der Waals surface area contributed by atoms with Gasteiger partial charge < -0.3 is 14.8 Å². The van der Waals surface area contributed by atoms with E-state index in [0.717, 1.165) is 0 Å². The number of methoxy groups -OCH3 is 2. The van der Waals surface area contributed by atoms with Gasteiger partial charge in [0.05, 0.1) is 25.5 Å². The van der Waals surface area contributed by atoms with Crippen LogP contribution in [0.5, 0.6) is 5.75 Å². The van der Waals surface area contributed by atoms with Gasteiger partial charge in [-0.3, -0.25) is 4.72 Å². The van der Waals surface area contributed by atoms with E-state index in [9.17, 15) is 13.2 Å². The summed E-state index contributed by atoms with van der Waals surface area (Å²) in [5.41, 5.74) is 0.529. The highest BCUT2D eigenvalue weighted by atomic mass is 32.2. The number of nitrogens with one attached hydrogen (secondary N) is 2. The molecule has 146 valence electrons. The van der Waals surface area contributed by atoms with E-state index in [1.807, 2.05) is 20.8 Å². The van der Waals surface area contributed by atoms with Crippen LogP contribution in [0.25, 0.3) is 0 Å². The number of carbonyl (C=O) groups excluding carboxylic acids is 1. The predicted molar refractivity (Wildman–Crippen MR) is 105 cm³/mol. The number of hydrogen-bond donors (Lipinski definition) is 2. The molecule has 0 aromatic heterocycles. The van der Waals surface area contributed by atoms with Crippen LogP contribution < -0.4 is 14.8 Å². The number of sulfonamides is 1. The fourth-order valence-electron chi connectivity index (χ4n) is 2.37. The molecule has 0 unspecified atom stereocenters. The summed E-state index contributed by atoms with van der Waals surface area (Å²) in [4.78, 5) is 11.8. The van der Waals surface area contributed by atoms with Crippen LogP contribution in [0.15, 0.2) is 47.4 Å². The van der Waals surface area contributed by atoms with E-state index < -0.39 is 16.0 Å². The van der Waals surface area contributed by atoms with Crippen LogP contribution in [-0.2, 0) is 14.8 Å². The molecular weight excluding hydrogens is 368 g/mol. The Morgan fingerprint density at radius 2 is 1.63 bits per heavy atom. The van der Waals surface area contributed by atoms with Crippen molar-refractivity contribution in [3.63, 3.8) is 0 Å². The van der Waals surface area contributed by atoms with E-state index in [0.29, 0.717) is 17.1 Å². The molecule has 2 aromatic carbocycles. The lowest BCUT2D eigenvalue weighted by Gasteiger charge is -2.24. The van der Waals surface area contributed by atoms with Gasteiger partial charge in [-0.15, -0.1) is 0 Å². The van der Waals surface area contributed by atoms with Gasteiger partial charge in [0.1, 0.15) is 10.6 Å². The van der Waals surface area contributed by atoms with Gasteiger partial charge in [0.25, 0.3) is 10.0 Å². The Labute approximate surface area is 159 Å². The van der Waals surface area contributed by atoms with Crippen molar-refractivity contribution in [2.75, 3.05) is 24.3 Å². The molecule has 2 aromatic rings. The molecule has 0 radical (unpaired) electrons. The van der Waals surface area contributed by atoms with Crippen LogP contribution >= 0.6 is 0 Å². The lowest BCUT2D eigenvalue weighted by Crippen LogP contribution is -2.28. The van der Waals surface area contributed by atoms with Crippen LogP contribution in [0.4, 0.5) is 11.4 Å². The number of rotatable bonds is 6. The Balaban J connectivity index is 2.48. The number of hydrogen-bond acceptors (Lipinski definition) is 6. The number of benzene rings is 2. The summed E-state index contributed by atoms with van der Waals surface area (Å²) in [6.07, 6.45) is 0. The van der Waals surface area contributed by atoms with Gasteiger partial charge in [-0.2, -0.15) is 0 Å². The van der Waals surface area contributed by atoms with E-state index in [2.05, 4.69) is 10.0 Å². The molecule has 2 rings (SSSR count). The first-order valence-electron chi connectivity index (χ1n) is 8.23. The van der Waals surface area contributed by atoms with Gasteiger partial charge in [0, 0.05) is 11.2 Å². The Morgan fingerprint density at radius 1 is 1.00 bits per heavy atom. The minimum Gasteiger partial charge on any atom is -0.497 e. The molecular formula is C19H24N2O5S. The first kappa shape index (κ1) is 20.6. The van der Waals surface area contributed by atoms with Crippen LogP contribution in [0.3, 0.4) is 0 Å². The van der Waals surface area contributed by atoms with Gasteiger partial charge in [0.2, 0.25) is 0 Å². The standard InChI is InChI=1S/C19H24N2O5S/c1-19(2,3)20-16-11-6-13(18(22)26-5)12-17(16)27(23,24)21-14-7-9-15(25-4)10-8-14/h6-12,20-21H,1-5H3. The van der Waals surface area contributed by atoms with E-state index >= 15 is 0 Å². The summed E-state index contributed by atoms with van der Waals surface area (Å²) in [6, 6.07) is 10.9. The zero-order chi connectivity index (χ0) is 20.2. The minimum atomic E-state index is -3.96. The molecule has 27 heavy (non-hydrogen) atoms. The monoisotopic (exact) mass is 392 g/mol. The largest absolute Gasteiger partial charge is 0.497 e. The lowest BCUT2D eigenvalue weighted by molar-refractivity contribution is 0.0600. The molecule has 2 N–H and O–H groups in total. The normalized spacial score (nSPS) is 11.6. The molecule has 0 aliphatic carbocycles. The zero-order valence-corrected chi connectivity index (χ0v) is 16.8. The third-order valence-corrected chi connectivity index (χ3v) is 4.97. The maximum atomic E-state index is 13.0. The van der Waals surface area contributed by atoms with Crippen molar-refractivity contribution in [1.82, 2.24) is 0 Å². The van der Waals surface area contributed by atoms with Gasteiger partial charge >= 0.3 is 5.97 Å². The highest BCUT2D eigenvalue weighted by molar-refractivity contribution is 7.92. The minimum absolute atomic E-state index is 0.0452. The Morgan fingerprint density at radius 3 is 2.15 bits per heavy atom. The second-order valence-electron chi connectivity index (χ2n) is 6.91. The van der Waals surface area contributed by atoms with Crippen molar-refractivity contribution in [2.45, 2.75) is 31.2 Å². The Hall–Kier alpha value is -2.74. The quantitative estimate of drug-likeness (QED) is 0.731. The molecule has 0 fully saturated rings. The molecule has 0 amide bonds. The van der Waals surface area contributed by atoms with Crippen LogP contribution in [-0.4, -0.2) is 34.1 Å². The van der Waals surface area contributed by atoms with Crippen LogP contribution in [0.2, 0.25) is 0 Å². The van der Waals surface area contributed by atoms with Gasteiger partial charge in [-0.05, 0) is 63.2 Å². The van der Waals surface area contributed by atoms with Gasteiger partial charge in [-0.1, -0.05) is 0 Å². The second kappa shape index (κ2) is 7.87. The van der Waals surface area contributed by atoms with Crippen molar-refractivity contribution in [1.29, 1.82) is 0 Å². The number of carbonyl (C=O) groups is 1. The van der Waals surface area contributed by atoms with Crippen molar-refractivity contribution in [2.24, 2.45) is 0 Å². The molecule has 0 saturated heterocycles. The maximum absolute atomic E-state index is 13.0. The number of anilines is 2. The summed E-state index contributed by atoms with van der Waals surface area (Å²) >= 11 is 0. The third kappa shape index (κ3) is 5.37. The SMILES string of the molecule is COC(=O)c1ccc(NC(C)(C)C)c(S(=O)(=O)Nc2ccc(OC)cc2)c1. The van der Waals surface area contributed by atoms with Gasteiger partial charge in [-0.25, -0.2) is 13.2 Å². The summed E-state index contributed by atoms with van der Waals surface area (Å²) in [7, 11) is -1.19. The van der Waals surface area contributed by atoms with E-state index in [1.165, 1.54) is 26.4 Å².